The molecule has 2 amide bonds. The molecular weight excluding hydrogens is 430 g/mol. The third kappa shape index (κ3) is 7.39. The molecule has 0 aromatic heterocycles. The van der Waals surface area contributed by atoms with Gasteiger partial charge in [-0.25, -0.2) is 8.42 Å². The average molecular weight is 458 g/mol. The third-order valence-corrected chi connectivity index (χ3v) is 6.18. The summed E-state index contributed by atoms with van der Waals surface area (Å²) < 4.78 is 30.6. The summed E-state index contributed by atoms with van der Waals surface area (Å²) in [5, 5.41) is 11.6. The number of nitriles is 1. The molecule has 170 valence electrons. The zero-order chi connectivity index (χ0) is 23.7. The maximum absolute atomic E-state index is 12.5. The molecule has 2 rings (SSSR count). The Labute approximate surface area is 188 Å². The molecule has 1 atom stereocenters. The lowest BCUT2D eigenvalue weighted by molar-refractivity contribution is -0.130. The molecule has 0 saturated carbocycles. The topological polar surface area (TPSA) is 117 Å². The summed E-state index contributed by atoms with van der Waals surface area (Å²) in [6, 6.07) is 14.7. The quantitative estimate of drug-likeness (QED) is 0.585. The van der Waals surface area contributed by atoms with E-state index < -0.39 is 27.5 Å². The normalized spacial score (nSPS) is 11.8. The average Bonchev–Trinajstić information content (AvgIpc) is 2.75. The minimum atomic E-state index is -3.71. The van der Waals surface area contributed by atoms with Gasteiger partial charge in [-0.3, -0.25) is 9.59 Å². The van der Waals surface area contributed by atoms with Gasteiger partial charge in [-0.15, -0.1) is 0 Å². The lowest BCUT2D eigenvalue weighted by Crippen LogP contribution is -2.34. The summed E-state index contributed by atoms with van der Waals surface area (Å²) in [6.45, 7) is 1.71. The van der Waals surface area contributed by atoms with E-state index in [1.165, 1.54) is 17.0 Å². The molecule has 0 aliphatic carbocycles. The second-order valence-electron chi connectivity index (χ2n) is 7.48. The number of carbonyl (C=O) groups is 2. The van der Waals surface area contributed by atoms with Crippen molar-refractivity contribution in [2.24, 2.45) is 0 Å². The van der Waals surface area contributed by atoms with Crippen LogP contribution in [0.1, 0.15) is 36.1 Å². The van der Waals surface area contributed by atoms with Crippen molar-refractivity contribution >= 4 is 21.7 Å². The van der Waals surface area contributed by atoms with Gasteiger partial charge in [0.2, 0.25) is 5.91 Å². The molecule has 1 unspecified atom stereocenters. The zero-order valence-corrected chi connectivity index (χ0v) is 19.2. The Bertz CT molecular complexity index is 1090. The Hall–Kier alpha value is -3.38. The highest BCUT2D eigenvalue weighted by atomic mass is 32.2. The van der Waals surface area contributed by atoms with Crippen LogP contribution in [0.15, 0.2) is 48.5 Å². The highest BCUT2D eigenvalue weighted by Gasteiger charge is 2.22. The van der Waals surface area contributed by atoms with E-state index >= 15 is 0 Å². The molecule has 0 saturated heterocycles. The van der Waals surface area contributed by atoms with E-state index in [9.17, 15) is 18.0 Å². The van der Waals surface area contributed by atoms with Gasteiger partial charge in [0.15, 0.2) is 16.4 Å². The van der Waals surface area contributed by atoms with Crippen LogP contribution < -0.4 is 10.1 Å². The molecule has 2 aromatic carbocycles. The third-order valence-electron chi connectivity index (χ3n) is 4.71. The number of amides is 2. The minimum Gasteiger partial charge on any atom is -0.483 e. The fourth-order valence-corrected chi connectivity index (χ4v) is 4.27. The molecule has 0 bridgehead atoms. The van der Waals surface area contributed by atoms with E-state index in [1.807, 2.05) is 13.0 Å². The molecule has 0 spiro atoms. The van der Waals surface area contributed by atoms with Crippen LogP contribution in [-0.2, 0) is 25.2 Å². The van der Waals surface area contributed by atoms with Crippen molar-refractivity contribution in [2.75, 3.05) is 26.5 Å². The van der Waals surface area contributed by atoms with Crippen LogP contribution in [0, 0.1) is 11.3 Å². The predicted octanol–water partition coefficient (Wildman–Crippen LogP) is 2.21. The van der Waals surface area contributed by atoms with Crippen molar-refractivity contribution in [2.45, 2.75) is 25.1 Å². The standard InChI is InChI=1S/C23H27N3O5S/c1-4-20(19-7-5-6-8-21(19)31-14-23(28)26(2)3)25-22(27)16-32(29,30)15-18-11-9-17(13-24)10-12-18/h5-12,20H,4,14-16H2,1-3H3,(H,25,27). The number of ether oxygens (including phenoxy) is 1. The maximum Gasteiger partial charge on any atom is 0.259 e. The van der Waals surface area contributed by atoms with Gasteiger partial charge in [0.25, 0.3) is 5.91 Å². The van der Waals surface area contributed by atoms with Crippen molar-refractivity contribution in [1.82, 2.24) is 10.2 Å². The van der Waals surface area contributed by atoms with Gasteiger partial charge >= 0.3 is 0 Å². The maximum atomic E-state index is 12.5. The van der Waals surface area contributed by atoms with Crippen LogP contribution >= 0.6 is 0 Å². The number of sulfone groups is 1. The van der Waals surface area contributed by atoms with Gasteiger partial charge in [0.1, 0.15) is 11.5 Å². The molecule has 0 aliphatic heterocycles. The number of nitrogens with one attached hydrogen (secondary N) is 1. The minimum absolute atomic E-state index is 0.145. The number of hydrogen-bond donors (Lipinski definition) is 1. The summed E-state index contributed by atoms with van der Waals surface area (Å²) in [7, 11) is -0.447. The first kappa shape index (κ1) is 24.9. The number of hydrogen-bond acceptors (Lipinski definition) is 6. The zero-order valence-electron chi connectivity index (χ0n) is 18.4. The summed E-state index contributed by atoms with van der Waals surface area (Å²) in [5.74, 6) is -1.33. The molecule has 2 aromatic rings. The molecule has 9 heteroatoms. The van der Waals surface area contributed by atoms with Crippen molar-refractivity contribution in [3.05, 3.63) is 65.2 Å². The highest BCUT2D eigenvalue weighted by Crippen LogP contribution is 2.27. The number of nitrogens with zero attached hydrogens (tertiary/aromatic N) is 2. The van der Waals surface area contributed by atoms with Crippen LogP contribution in [0.3, 0.4) is 0 Å². The second-order valence-corrected chi connectivity index (χ2v) is 9.55. The fraction of sp³-hybridized carbons (Fsp3) is 0.348. The Balaban J connectivity index is 2.06. The largest absolute Gasteiger partial charge is 0.483 e. The smallest absolute Gasteiger partial charge is 0.259 e. The van der Waals surface area contributed by atoms with Crippen LogP contribution in [0.5, 0.6) is 5.75 Å². The first-order chi connectivity index (χ1) is 15.1. The van der Waals surface area contributed by atoms with Crippen LogP contribution in [-0.4, -0.2) is 51.6 Å². The number of para-hydroxylation sites is 1. The lowest BCUT2D eigenvalue weighted by Gasteiger charge is -2.21. The fourth-order valence-electron chi connectivity index (χ4n) is 2.98. The molecule has 0 fully saturated rings. The van der Waals surface area contributed by atoms with Gasteiger partial charge in [-0.05, 0) is 30.2 Å². The lowest BCUT2D eigenvalue weighted by atomic mass is 10.0. The van der Waals surface area contributed by atoms with E-state index in [-0.39, 0.29) is 18.3 Å². The van der Waals surface area contributed by atoms with Gasteiger partial charge in [-0.1, -0.05) is 37.3 Å². The second kappa shape index (κ2) is 11.3. The van der Waals surface area contributed by atoms with Gasteiger partial charge in [0, 0.05) is 19.7 Å². The highest BCUT2D eigenvalue weighted by molar-refractivity contribution is 7.91. The van der Waals surface area contributed by atoms with Crippen molar-refractivity contribution in [3.8, 4) is 11.8 Å². The van der Waals surface area contributed by atoms with Gasteiger partial charge in [0.05, 0.1) is 23.4 Å². The van der Waals surface area contributed by atoms with E-state index in [4.69, 9.17) is 10.00 Å². The number of rotatable bonds is 10. The monoisotopic (exact) mass is 457 g/mol. The van der Waals surface area contributed by atoms with Gasteiger partial charge in [-0.2, -0.15) is 5.26 Å². The molecule has 1 N–H and O–H groups in total. The Morgan fingerprint density at radius 2 is 1.78 bits per heavy atom. The summed E-state index contributed by atoms with van der Waals surface area (Å²) in [5.41, 5.74) is 1.61. The van der Waals surface area contributed by atoms with E-state index in [2.05, 4.69) is 5.32 Å². The van der Waals surface area contributed by atoms with Crippen LogP contribution in [0.2, 0.25) is 0 Å². The molecule has 8 nitrogen and oxygen atoms in total. The van der Waals surface area contributed by atoms with Gasteiger partial charge < -0.3 is 15.0 Å². The van der Waals surface area contributed by atoms with E-state index in [0.717, 1.165) is 0 Å². The van der Waals surface area contributed by atoms with E-state index in [0.29, 0.717) is 28.9 Å². The Morgan fingerprint density at radius 3 is 2.38 bits per heavy atom. The van der Waals surface area contributed by atoms with Crippen molar-refractivity contribution in [3.63, 3.8) is 0 Å². The first-order valence-corrected chi connectivity index (χ1v) is 11.9. The van der Waals surface area contributed by atoms with Crippen molar-refractivity contribution < 1.29 is 22.7 Å². The molecule has 0 radical (unpaired) electrons. The van der Waals surface area contributed by atoms with Crippen LogP contribution in [0.25, 0.3) is 0 Å². The van der Waals surface area contributed by atoms with Crippen molar-refractivity contribution in [1.29, 1.82) is 5.26 Å². The number of carbonyl (C=O) groups excluding carboxylic acids is 2. The predicted molar refractivity (Wildman–Crippen MR) is 120 cm³/mol. The summed E-state index contributed by atoms with van der Waals surface area (Å²) >= 11 is 0. The molecule has 0 aliphatic rings. The number of likely N-dealkylation sites (N-methyl/N-ethyl adjacent to an activating group) is 1. The molecule has 0 heterocycles. The van der Waals surface area contributed by atoms with E-state index in [1.54, 1.807) is 50.5 Å². The first-order valence-electron chi connectivity index (χ1n) is 10.1. The molecule has 32 heavy (non-hydrogen) atoms. The Kier molecular flexibility index (Phi) is 8.79. The Morgan fingerprint density at radius 1 is 1.12 bits per heavy atom. The summed E-state index contributed by atoms with van der Waals surface area (Å²) in [4.78, 5) is 25.8. The molecular formula is C23H27N3O5S. The van der Waals surface area contributed by atoms with Crippen LogP contribution in [0.4, 0.5) is 0 Å². The summed E-state index contributed by atoms with van der Waals surface area (Å²) in [6.07, 6.45) is 0.503. The SMILES string of the molecule is CCC(NC(=O)CS(=O)(=O)Cc1ccc(C#N)cc1)c1ccccc1OCC(=O)N(C)C. The number of benzene rings is 2.